The van der Waals surface area contributed by atoms with Crippen LogP contribution in [0.4, 0.5) is 0 Å². The summed E-state index contributed by atoms with van der Waals surface area (Å²) in [5, 5.41) is 16.1. The molecule has 15 heavy (non-hydrogen) atoms. The fraction of sp³-hybridized carbons (Fsp3) is 0.545. The summed E-state index contributed by atoms with van der Waals surface area (Å²) in [4.78, 5) is 0. The van der Waals surface area contributed by atoms with Crippen LogP contribution in [0.15, 0.2) is 12.4 Å². The molecule has 0 atom stereocenters. The van der Waals surface area contributed by atoms with Crippen LogP contribution in [0, 0.1) is 11.8 Å². The van der Waals surface area contributed by atoms with Crippen molar-refractivity contribution in [3.8, 4) is 11.8 Å². The molecule has 0 aromatic carbocycles. The van der Waals surface area contributed by atoms with Crippen LogP contribution >= 0.6 is 0 Å². The highest BCUT2D eigenvalue weighted by Crippen LogP contribution is 1.96. The second-order valence-corrected chi connectivity index (χ2v) is 3.19. The molecule has 0 radical (unpaired) electrons. The summed E-state index contributed by atoms with van der Waals surface area (Å²) >= 11 is 0. The predicted molar refractivity (Wildman–Crippen MR) is 59.1 cm³/mol. The van der Waals surface area contributed by atoms with Crippen LogP contribution in [0.1, 0.15) is 18.9 Å². The van der Waals surface area contributed by atoms with E-state index in [1.165, 1.54) is 0 Å². The molecule has 4 nitrogen and oxygen atoms in total. The van der Waals surface area contributed by atoms with Gasteiger partial charge in [0.05, 0.1) is 19.3 Å². The Morgan fingerprint density at radius 3 is 3.20 bits per heavy atom. The van der Waals surface area contributed by atoms with Crippen molar-refractivity contribution in [2.24, 2.45) is 0 Å². The standard InChI is InChI=1S/C11H17N3O/c1-2-3-4-5-12-8-11-9-13-14(10-11)6-7-15/h9-10,12,15H,4-8H2,1H3. The van der Waals surface area contributed by atoms with Crippen LogP contribution in [0.2, 0.25) is 0 Å². The van der Waals surface area contributed by atoms with Gasteiger partial charge in [-0.3, -0.25) is 4.68 Å². The zero-order valence-electron chi connectivity index (χ0n) is 9.03. The molecule has 0 aliphatic carbocycles. The molecule has 0 bridgehead atoms. The lowest BCUT2D eigenvalue weighted by atomic mass is 10.3. The van der Waals surface area contributed by atoms with E-state index in [4.69, 9.17) is 5.11 Å². The van der Waals surface area contributed by atoms with E-state index in [0.29, 0.717) is 6.54 Å². The fourth-order valence-corrected chi connectivity index (χ4v) is 1.23. The zero-order valence-corrected chi connectivity index (χ0v) is 9.03. The Morgan fingerprint density at radius 1 is 1.60 bits per heavy atom. The van der Waals surface area contributed by atoms with Crippen LogP contribution < -0.4 is 5.32 Å². The number of aliphatic hydroxyl groups is 1. The Morgan fingerprint density at radius 2 is 2.47 bits per heavy atom. The topological polar surface area (TPSA) is 50.1 Å². The number of rotatable bonds is 6. The highest BCUT2D eigenvalue weighted by atomic mass is 16.3. The lowest BCUT2D eigenvalue weighted by Crippen LogP contribution is -2.13. The highest BCUT2D eigenvalue weighted by Gasteiger charge is 1.96. The Bertz CT molecular complexity index is 335. The average Bonchev–Trinajstić information content (AvgIpc) is 2.66. The summed E-state index contributed by atoms with van der Waals surface area (Å²) in [5.74, 6) is 5.85. The maximum absolute atomic E-state index is 8.71. The minimum atomic E-state index is 0.126. The molecule has 1 heterocycles. The first-order chi connectivity index (χ1) is 7.36. The lowest BCUT2D eigenvalue weighted by molar-refractivity contribution is 0.269. The Labute approximate surface area is 90.3 Å². The number of nitrogens with one attached hydrogen (secondary N) is 1. The minimum Gasteiger partial charge on any atom is -0.394 e. The first-order valence-electron chi connectivity index (χ1n) is 5.09. The summed E-state index contributed by atoms with van der Waals surface area (Å²) in [6.07, 6.45) is 4.63. The summed E-state index contributed by atoms with van der Waals surface area (Å²) in [6.45, 7) is 4.23. The summed E-state index contributed by atoms with van der Waals surface area (Å²) in [6, 6.07) is 0. The highest BCUT2D eigenvalue weighted by molar-refractivity contribution is 5.03. The van der Waals surface area contributed by atoms with Crippen LogP contribution in [0.3, 0.4) is 0 Å². The largest absolute Gasteiger partial charge is 0.394 e. The number of nitrogens with zero attached hydrogens (tertiary/aromatic N) is 2. The quantitative estimate of drug-likeness (QED) is 0.523. The first-order valence-corrected chi connectivity index (χ1v) is 5.09. The molecule has 1 aromatic rings. The number of aliphatic hydroxyl groups excluding tert-OH is 1. The van der Waals surface area contributed by atoms with E-state index in [1.54, 1.807) is 4.68 Å². The number of hydrogen-bond donors (Lipinski definition) is 2. The second-order valence-electron chi connectivity index (χ2n) is 3.19. The van der Waals surface area contributed by atoms with Crippen molar-refractivity contribution in [2.45, 2.75) is 26.4 Å². The van der Waals surface area contributed by atoms with E-state index in [9.17, 15) is 0 Å². The van der Waals surface area contributed by atoms with Gasteiger partial charge in [-0.15, -0.1) is 11.8 Å². The smallest absolute Gasteiger partial charge is 0.0640 e. The van der Waals surface area contributed by atoms with Gasteiger partial charge < -0.3 is 10.4 Å². The van der Waals surface area contributed by atoms with Gasteiger partial charge in [0.25, 0.3) is 0 Å². The molecule has 0 amide bonds. The van der Waals surface area contributed by atoms with Crippen molar-refractivity contribution in [1.29, 1.82) is 0 Å². The van der Waals surface area contributed by atoms with E-state index in [0.717, 1.165) is 25.1 Å². The van der Waals surface area contributed by atoms with Crippen molar-refractivity contribution in [2.75, 3.05) is 13.2 Å². The third kappa shape index (κ3) is 4.63. The van der Waals surface area contributed by atoms with Gasteiger partial charge in [0, 0.05) is 31.3 Å². The third-order valence-corrected chi connectivity index (χ3v) is 1.95. The van der Waals surface area contributed by atoms with E-state index >= 15 is 0 Å². The van der Waals surface area contributed by atoms with Crippen molar-refractivity contribution < 1.29 is 5.11 Å². The average molecular weight is 207 g/mol. The molecule has 0 spiro atoms. The molecule has 1 rings (SSSR count). The van der Waals surface area contributed by atoms with Gasteiger partial charge in [-0.25, -0.2) is 0 Å². The summed E-state index contributed by atoms with van der Waals surface area (Å²) < 4.78 is 1.74. The van der Waals surface area contributed by atoms with Crippen LogP contribution in [-0.2, 0) is 13.1 Å². The van der Waals surface area contributed by atoms with Crippen molar-refractivity contribution in [3.63, 3.8) is 0 Å². The lowest BCUT2D eigenvalue weighted by Gasteiger charge is -1.98. The Balaban J connectivity index is 2.21. The molecule has 0 aliphatic rings. The first kappa shape index (κ1) is 11.8. The number of aromatic nitrogens is 2. The maximum atomic E-state index is 8.71. The molecular formula is C11H17N3O. The van der Waals surface area contributed by atoms with Gasteiger partial charge in [0.2, 0.25) is 0 Å². The van der Waals surface area contributed by atoms with E-state index in [-0.39, 0.29) is 6.61 Å². The van der Waals surface area contributed by atoms with E-state index in [2.05, 4.69) is 22.3 Å². The zero-order chi connectivity index (χ0) is 10.9. The van der Waals surface area contributed by atoms with E-state index < -0.39 is 0 Å². The van der Waals surface area contributed by atoms with Gasteiger partial charge in [-0.05, 0) is 6.92 Å². The minimum absolute atomic E-state index is 0.126. The molecule has 0 aliphatic heterocycles. The summed E-state index contributed by atoms with van der Waals surface area (Å²) in [7, 11) is 0. The third-order valence-electron chi connectivity index (χ3n) is 1.95. The molecule has 0 saturated carbocycles. The van der Waals surface area contributed by atoms with Crippen molar-refractivity contribution in [1.82, 2.24) is 15.1 Å². The SMILES string of the molecule is CC#CCCNCc1cnn(CCO)c1. The monoisotopic (exact) mass is 207 g/mol. The second kappa shape index (κ2) is 7.04. The van der Waals surface area contributed by atoms with Crippen molar-refractivity contribution in [3.05, 3.63) is 18.0 Å². The Hall–Kier alpha value is -1.31. The molecule has 2 N–H and O–H groups in total. The fourth-order valence-electron chi connectivity index (χ4n) is 1.23. The van der Waals surface area contributed by atoms with Gasteiger partial charge in [0.1, 0.15) is 0 Å². The molecule has 0 fully saturated rings. The normalized spacial score (nSPS) is 9.73. The Kier molecular flexibility index (Phi) is 5.52. The van der Waals surface area contributed by atoms with Gasteiger partial charge in [-0.2, -0.15) is 5.10 Å². The molecule has 4 heteroatoms. The van der Waals surface area contributed by atoms with Crippen LogP contribution in [0.25, 0.3) is 0 Å². The molecule has 0 saturated heterocycles. The molecule has 0 unspecified atom stereocenters. The van der Waals surface area contributed by atoms with Gasteiger partial charge in [0.15, 0.2) is 0 Å². The molecule has 82 valence electrons. The number of hydrogen-bond acceptors (Lipinski definition) is 3. The van der Waals surface area contributed by atoms with Crippen LogP contribution in [0.5, 0.6) is 0 Å². The van der Waals surface area contributed by atoms with E-state index in [1.807, 2.05) is 19.3 Å². The van der Waals surface area contributed by atoms with Crippen molar-refractivity contribution >= 4 is 0 Å². The molecular weight excluding hydrogens is 190 g/mol. The summed E-state index contributed by atoms with van der Waals surface area (Å²) in [5.41, 5.74) is 1.13. The predicted octanol–water partition coefficient (Wildman–Crippen LogP) is 0.378. The maximum Gasteiger partial charge on any atom is 0.0640 e. The molecule has 1 aromatic heterocycles. The van der Waals surface area contributed by atoms with Crippen LogP contribution in [-0.4, -0.2) is 28.0 Å². The van der Waals surface area contributed by atoms with Gasteiger partial charge in [-0.1, -0.05) is 0 Å². The van der Waals surface area contributed by atoms with Gasteiger partial charge >= 0.3 is 0 Å².